The predicted molar refractivity (Wildman–Crippen MR) is 113 cm³/mol. The van der Waals surface area contributed by atoms with Gasteiger partial charge in [0, 0.05) is 18.9 Å². The van der Waals surface area contributed by atoms with Gasteiger partial charge in [0.15, 0.2) is 5.75 Å². The Morgan fingerprint density at radius 1 is 1.21 bits per heavy atom. The van der Waals surface area contributed by atoms with Crippen molar-refractivity contribution in [3.8, 4) is 11.5 Å². The second-order valence-corrected chi connectivity index (χ2v) is 8.67. The van der Waals surface area contributed by atoms with Crippen molar-refractivity contribution in [2.24, 2.45) is 5.92 Å². The van der Waals surface area contributed by atoms with Gasteiger partial charge in [0.1, 0.15) is 11.6 Å². The molecule has 0 unspecified atom stereocenters. The number of aliphatic carboxylic acids is 1. The first-order chi connectivity index (χ1) is 13.2. The standard InChI is InChI=1S/C20H19Br2FN2O3/c1-10(2)5-18-24-16-4-3-12(9-17(16)25-18)28-19-13(21)6-11(7-14(19)22)8-15(23)20(26)27/h3-4,6-7,9-10,15H,5,8H2,1-2H3,(H,24,25)(H,26,27)/t15-/m0/s1. The Balaban J connectivity index is 1.83. The first kappa shape index (κ1) is 20.8. The van der Waals surface area contributed by atoms with Gasteiger partial charge in [0.25, 0.3) is 0 Å². The number of H-pyrrole nitrogens is 1. The van der Waals surface area contributed by atoms with E-state index in [0.29, 0.717) is 31.9 Å². The maximum Gasteiger partial charge on any atom is 0.338 e. The first-order valence-electron chi connectivity index (χ1n) is 8.74. The third-order valence-corrected chi connectivity index (χ3v) is 5.24. The van der Waals surface area contributed by atoms with Crippen LogP contribution in [-0.2, 0) is 17.6 Å². The highest BCUT2D eigenvalue weighted by Gasteiger charge is 2.19. The molecule has 0 saturated carbocycles. The molecule has 1 atom stereocenters. The second kappa shape index (κ2) is 8.61. The molecular formula is C20H19Br2FN2O3. The van der Waals surface area contributed by atoms with Crippen molar-refractivity contribution >= 4 is 48.9 Å². The molecular weight excluding hydrogens is 495 g/mol. The molecule has 0 radical (unpaired) electrons. The molecule has 5 nitrogen and oxygen atoms in total. The van der Waals surface area contributed by atoms with Gasteiger partial charge in [-0.2, -0.15) is 0 Å². The number of carboxylic acids is 1. The molecule has 1 aromatic heterocycles. The highest BCUT2D eigenvalue weighted by Crippen LogP contribution is 2.38. The van der Waals surface area contributed by atoms with Crippen LogP contribution in [0.5, 0.6) is 11.5 Å². The van der Waals surface area contributed by atoms with Gasteiger partial charge in [-0.3, -0.25) is 0 Å². The molecule has 0 bridgehead atoms. The van der Waals surface area contributed by atoms with Crippen LogP contribution >= 0.6 is 31.9 Å². The molecule has 0 spiro atoms. The molecule has 3 rings (SSSR count). The van der Waals surface area contributed by atoms with Crippen LogP contribution in [0.4, 0.5) is 4.39 Å². The minimum Gasteiger partial charge on any atom is -0.479 e. The van der Waals surface area contributed by atoms with Crippen LogP contribution in [0.1, 0.15) is 25.2 Å². The number of nitrogens with zero attached hydrogens (tertiary/aromatic N) is 1. The average molecular weight is 514 g/mol. The lowest BCUT2D eigenvalue weighted by Gasteiger charge is -2.12. The van der Waals surface area contributed by atoms with Crippen LogP contribution in [0.25, 0.3) is 11.0 Å². The topological polar surface area (TPSA) is 75.2 Å². The van der Waals surface area contributed by atoms with E-state index in [0.717, 1.165) is 23.3 Å². The summed E-state index contributed by atoms with van der Waals surface area (Å²) in [5.74, 6) is 1.10. The van der Waals surface area contributed by atoms with Gasteiger partial charge in [-0.05, 0) is 67.6 Å². The highest BCUT2D eigenvalue weighted by molar-refractivity contribution is 9.11. The van der Waals surface area contributed by atoms with Gasteiger partial charge >= 0.3 is 5.97 Å². The number of alkyl halides is 1. The lowest BCUT2D eigenvalue weighted by molar-refractivity contribution is -0.142. The van der Waals surface area contributed by atoms with Gasteiger partial charge in [0.05, 0.1) is 20.0 Å². The number of benzene rings is 2. The summed E-state index contributed by atoms with van der Waals surface area (Å²) in [6.45, 7) is 4.28. The van der Waals surface area contributed by atoms with Gasteiger partial charge in [0.2, 0.25) is 6.17 Å². The summed E-state index contributed by atoms with van der Waals surface area (Å²) in [7, 11) is 0. The Morgan fingerprint density at radius 2 is 1.89 bits per heavy atom. The SMILES string of the molecule is CC(C)Cc1nc2cc(Oc3c(Br)cc(C[C@H](F)C(=O)O)cc3Br)ccc2[nH]1. The van der Waals surface area contributed by atoms with Crippen LogP contribution in [0.15, 0.2) is 39.3 Å². The highest BCUT2D eigenvalue weighted by atomic mass is 79.9. The fourth-order valence-electron chi connectivity index (χ4n) is 2.83. The number of carboxylic acid groups (broad SMARTS) is 1. The quantitative estimate of drug-likeness (QED) is 0.403. The van der Waals surface area contributed by atoms with E-state index >= 15 is 0 Å². The van der Waals surface area contributed by atoms with Gasteiger partial charge in [-0.25, -0.2) is 14.2 Å². The molecule has 0 saturated heterocycles. The number of carbonyl (C=O) groups is 1. The normalized spacial score (nSPS) is 12.5. The minimum atomic E-state index is -1.95. The van der Waals surface area contributed by atoms with E-state index in [1.54, 1.807) is 12.1 Å². The monoisotopic (exact) mass is 512 g/mol. The summed E-state index contributed by atoms with van der Waals surface area (Å²) in [4.78, 5) is 18.6. The summed E-state index contributed by atoms with van der Waals surface area (Å²) in [6.07, 6.45) is -1.30. The number of hydrogen-bond acceptors (Lipinski definition) is 3. The fourth-order valence-corrected chi connectivity index (χ4v) is 4.27. The van der Waals surface area contributed by atoms with Gasteiger partial charge < -0.3 is 14.8 Å². The molecule has 1 heterocycles. The average Bonchev–Trinajstić information content (AvgIpc) is 2.98. The summed E-state index contributed by atoms with van der Waals surface area (Å²) >= 11 is 6.83. The Bertz CT molecular complexity index is 997. The molecule has 8 heteroatoms. The molecule has 0 fully saturated rings. The lowest BCUT2D eigenvalue weighted by Crippen LogP contribution is -2.17. The number of rotatable bonds is 7. The predicted octanol–water partition coefficient (Wildman–Crippen LogP) is 6.04. The van der Waals surface area contributed by atoms with Crippen molar-refractivity contribution in [3.05, 3.63) is 50.7 Å². The Hall–Kier alpha value is -1.93. The van der Waals surface area contributed by atoms with E-state index in [2.05, 4.69) is 55.7 Å². The first-order valence-corrected chi connectivity index (χ1v) is 10.3. The minimum absolute atomic E-state index is 0.218. The van der Waals surface area contributed by atoms with E-state index in [4.69, 9.17) is 9.84 Å². The third-order valence-electron chi connectivity index (χ3n) is 4.07. The van der Waals surface area contributed by atoms with Crippen molar-refractivity contribution < 1.29 is 19.0 Å². The van der Waals surface area contributed by atoms with E-state index in [1.165, 1.54) is 0 Å². The van der Waals surface area contributed by atoms with E-state index < -0.39 is 12.1 Å². The molecule has 28 heavy (non-hydrogen) atoms. The zero-order chi connectivity index (χ0) is 20.4. The van der Waals surface area contributed by atoms with Crippen molar-refractivity contribution in [2.75, 3.05) is 0 Å². The van der Waals surface area contributed by atoms with Crippen LogP contribution in [0.2, 0.25) is 0 Å². The third kappa shape index (κ3) is 4.91. The van der Waals surface area contributed by atoms with E-state index in [9.17, 15) is 9.18 Å². The molecule has 2 aromatic carbocycles. The molecule has 2 N–H and O–H groups in total. The number of halogens is 3. The Kier molecular flexibility index (Phi) is 6.40. The smallest absolute Gasteiger partial charge is 0.338 e. The number of aromatic amines is 1. The van der Waals surface area contributed by atoms with Crippen LogP contribution in [0.3, 0.4) is 0 Å². The maximum atomic E-state index is 13.5. The summed E-state index contributed by atoms with van der Waals surface area (Å²) in [5, 5.41) is 8.74. The van der Waals surface area contributed by atoms with Crippen molar-refractivity contribution in [2.45, 2.75) is 32.9 Å². The van der Waals surface area contributed by atoms with Crippen molar-refractivity contribution in [1.82, 2.24) is 9.97 Å². The Morgan fingerprint density at radius 3 is 2.50 bits per heavy atom. The number of ether oxygens (including phenoxy) is 1. The molecule has 0 aliphatic rings. The second-order valence-electron chi connectivity index (χ2n) is 6.96. The molecule has 0 amide bonds. The van der Waals surface area contributed by atoms with Crippen LogP contribution in [-0.4, -0.2) is 27.2 Å². The van der Waals surface area contributed by atoms with Crippen LogP contribution in [0, 0.1) is 5.92 Å². The zero-order valence-electron chi connectivity index (χ0n) is 15.3. The van der Waals surface area contributed by atoms with Crippen LogP contribution < -0.4 is 4.74 Å². The summed E-state index contributed by atoms with van der Waals surface area (Å²) < 4.78 is 20.7. The largest absolute Gasteiger partial charge is 0.479 e. The van der Waals surface area contributed by atoms with Gasteiger partial charge in [-0.1, -0.05) is 13.8 Å². The number of fused-ring (bicyclic) bond motifs is 1. The van der Waals surface area contributed by atoms with Gasteiger partial charge in [-0.15, -0.1) is 0 Å². The molecule has 0 aliphatic heterocycles. The number of imidazole rings is 1. The zero-order valence-corrected chi connectivity index (χ0v) is 18.5. The molecule has 3 aromatic rings. The van der Waals surface area contributed by atoms with Crippen molar-refractivity contribution in [1.29, 1.82) is 0 Å². The lowest BCUT2D eigenvalue weighted by atomic mass is 10.1. The molecule has 148 valence electrons. The number of nitrogens with one attached hydrogen (secondary N) is 1. The summed E-state index contributed by atoms with van der Waals surface area (Å²) in [5.41, 5.74) is 2.31. The van der Waals surface area contributed by atoms with Crippen molar-refractivity contribution in [3.63, 3.8) is 0 Å². The fraction of sp³-hybridized carbons (Fsp3) is 0.300. The maximum absolute atomic E-state index is 13.5. The van der Waals surface area contributed by atoms with E-state index in [1.807, 2.05) is 18.2 Å². The Labute approximate surface area is 178 Å². The van der Waals surface area contributed by atoms with E-state index in [-0.39, 0.29) is 6.42 Å². The number of hydrogen-bond donors (Lipinski definition) is 2. The summed E-state index contributed by atoms with van der Waals surface area (Å²) in [6, 6.07) is 8.92. The number of aromatic nitrogens is 2. The molecule has 0 aliphatic carbocycles.